The molecule has 0 heterocycles. The molecule has 0 bridgehead atoms. The van der Waals surface area contributed by atoms with E-state index < -0.39 is 5.41 Å². The van der Waals surface area contributed by atoms with Gasteiger partial charge in [0.25, 0.3) is 0 Å². The second kappa shape index (κ2) is 4.45. The summed E-state index contributed by atoms with van der Waals surface area (Å²) in [6.45, 7) is 9.49. The molecule has 14 heavy (non-hydrogen) atoms. The Morgan fingerprint density at radius 3 is 1.93 bits per heavy atom. The Bertz CT molecular complexity index is 241. The lowest BCUT2D eigenvalue weighted by molar-refractivity contribution is -0.130. The third-order valence-corrected chi connectivity index (χ3v) is 2.34. The van der Waals surface area contributed by atoms with Gasteiger partial charge >= 0.3 is 0 Å². The zero-order valence-electron chi connectivity index (χ0n) is 9.77. The van der Waals surface area contributed by atoms with Crippen LogP contribution in [0.1, 0.15) is 47.5 Å². The molecule has 0 aliphatic carbocycles. The lowest BCUT2D eigenvalue weighted by atomic mass is 9.82. The summed E-state index contributed by atoms with van der Waals surface area (Å²) in [5, 5.41) is 11.9. The number of carbonyl (C=O) groups excluding carboxylic acids is 1. The van der Waals surface area contributed by atoms with Gasteiger partial charge in [0.2, 0.25) is 5.91 Å². The number of hydrogen-bond acceptors (Lipinski definition) is 2. The van der Waals surface area contributed by atoms with Crippen LogP contribution in [0.4, 0.5) is 0 Å². The highest BCUT2D eigenvalue weighted by Crippen LogP contribution is 2.26. The van der Waals surface area contributed by atoms with E-state index in [1.807, 2.05) is 34.6 Å². The van der Waals surface area contributed by atoms with Crippen LogP contribution < -0.4 is 5.32 Å². The Hall–Kier alpha value is -1.04. The topological polar surface area (TPSA) is 52.9 Å². The first-order valence-corrected chi connectivity index (χ1v) is 5.05. The second-order valence-corrected chi connectivity index (χ2v) is 4.61. The predicted molar refractivity (Wildman–Crippen MR) is 56.5 cm³/mol. The quantitative estimate of drug-likeness (QED) is 0.752. The number of nitriles is 1. The van der Waals surface area contributed by atoms with E-state index in [2.05, 4.69) is 11.4 Å². The maximum Gasteiger partial charge on any atom is 0.240 e. The van der Waals surface area contributed by atoms with Crippen molar-refractivity contribution >= 4 is 5.91 Å². The maximum absolute atomic E-state index is 11.8. The van der Waals surface area contributed by atoms with E-state index in [1.54, 1.807) is 0 Å². The van der Waals surface area contributed by atoms with Gasteiger partial charge in [0.1, 0.15) is 5.41 Å². The van der Waals surface area contributed by atoms with Crippen LogP contribution in [0.3, 0.4) is 0 Å². The second-order valence-electron chi connectivity index (χ2n) is 4.61. The smallest absolute Gasteiger partial charge is 0.240 e. The van der Waals surface area contributed by atoms with E-state index in [0.717, 1.165) is 0 Å². The van der Waals surface area contributed by atoms with Crippen molar-refractivity contribution in [1.82, 2.24) is 5.32 Å². The lowest BCUT2D eigenvalue weighted by Crippen LogP contribution is -2.48. The normalized spacial score (nSPS) is 12.0. The van der Waals surface area contributed by atoms with Crippen LogP contribution in [0, 0.1) is 16.7 Å². The van der Waals surface area contributed by atoms with Crippen LogP contribution in [0.25, 0.3) is 0 Å². The van der Waals surface area contributed by atoms with E-state index >= 15 is 0 Å². The zero-order chi connectivity index (χ0) is 11.4. The summed E-state index contributed by atoms with van der Waals surface area (Å²) in [5.74, 6) is -0.155. The Morgan fingerprint density at radius 2 is 1.71 bits per heavy atom. The fourth-order valence-corrected chi connectivity index (χ4v) is 1.24. The summed E-state index contributed by atoms with van der Waals surface area (Å²) < 4.78 is 0. The van der Waals surface area contributed by atoms with Crippen LogP contribution in [-0.4, -0.2) is 11.4 Å². The molecule has 0 fully saturated rings. The minimum atomic E-state index is -0.854. The minimum absolute atomic E-state index is 0.155. The number of hydrogen-bond donors (Lipinski definition) is 1. The molecule has 0 saturated heterocycles. The molecule has 0 unspecified atom stereocenters. The molecule has 0 rings (SSSR count). The highest BCUT2D eigenvalue weighted by Gasteiger charge is 2.36. The third kappa shape index (κ3) is 3.02. The molecule has 0 aromatic carbocycles. The number of nitrogens with zero attached hydrogens (tertiary/aromatic N) is 1. The SMILES string of the molecule is CCC(C#N)(CC)C(=O)NC(C)(C)C. The standard InChI is InChI=1S/C11H20N2O/c1-6-11(7-2,8-12)9(14)13-10(3,4)5/h6-7H2,1-5H3,(H,13,14). The lowest BCUT2D eigenvalue weighted by Gasteiger charge is -2.28. The molecule has 0 aliphatic heterocycles. The third-order valence-electron chi connectivity index (χ3n) is 2.34. The van der Waals surface area contributed by atoms with Crippen LogP contribution >= 0.6 is 0 Å². The van der Waals surface area contributed by atoms with Crippen molar-refractivity contribution in [2.24, 2.45) is 5.41 Å². The van der Waals surface area contributed by atoms with Crippen molar-refractivity contribution in [2.45, 2.75) is 53.0 Å². The fraction of sp³-hybridized carbons (Fsp3) is 0.818. The Labute approximate surface area is 86.5 Å². The van der Waals surface area contributed by atoms with E-state index in [-0.39, 0.29) is 11.4 Å². The van der Waals surface area contributed by atoms with Crippen LogP contribution in [0.5, 0.6) is 0 Å². The molecular formula is C11H20N2O. The van der Waals surface area contributed by atoms with Gasteiger partial charge in [-0.2, -0.15) is 5.26 Å². The van der Waals surface area contributed by atoms with Crippen molar-refractivity contribution in [3.63, 3.8) is 0 Å². The van der Waals surface area contributed by atoms with Gasteiger partial charge in [0.05, 0.1) is 6.07 Å². The van der Waals surface area contributed by atoms with Crippen molar-refractivity contribution in [1.29, 1.82) is 5.26 Å². The summed E-state index contributed by atoms with van der Waals surface area (Å²) >= 11 is 0. The van der Waals surface area contributed by atoms with Gasteiger partial charge < -0.3 is 5.32 Å². The molecule has 0 aromatic heterocycles. The first-order valence-electron chi connectivity index (χ1n) is 5.05. The number of amides is 1. The molecule has 80 valence electrons. The molecule has 3 heteroatoms. The molecular weight excluding hydrogens is 176 g/mol. The van der Waals surface area contributed by atoms with Gasteiger partial charge in [-0.25, -0.2) is 0 Å². The fourth-order valence-electron chi connectivity index (χ4n) is 1.24. The molecule has 1 amide bonds. The van der Waals surface area contributed by atoms with E-state index in [1.165, 1.54) is 0 Å². The van der Waals surface area contributed by atoms with Crippen LogP contribution in [0.2, 0.25) is 0 Å². The highest BCUT2D eigenvalue weighted by atomic mass is 16.2. The number of carbonyl (C=O) groups is 1. The molecule has 0 atom stereocenters. The summed E-state index contributed by atoms with van der Waals surface area (Å²) in [4.78, 5) is 11.8. The Morgan fingerprint density at radius 1 is 1.29 bits per heavy atom. The zero-order valence-corrected chi connectivity index (χ0v) is 9.77. The van der Waals surface area contributed by atoms with Crippen molar-refractivity contribution < 1.29 is 4.79 Å². The van der Waals surface area contributed by atoms with Crippen LogP contribution in [-0.2, 0) is 4.79 Å². The van der Waals surface area contributed by atoms with Gasteiger partial charge in [-0.1, -0.05) is 13.8 Å². The van der Waals surface area contributed by atoms with Crippen molar-refractivity contribution in [2.75, 3.05) is 0 Å². The van der Waals surface area contributed by atoms with E-state index in [4.69, 9.17) is 5.26 Å². The first-order chi connectivity index (χ1) is 6.31. The molecule has 3 nitrogen and oxygen atoms in total. The molecule has 0 saturated carbocycles. The average Bonchev–Trinajstić information content (AvgIpc) is 2.05. The van der Waals surface area contributed by atoms with Crippen molar-refractivity contribution in [3.05, 3.63) is 0 Å². The predicted octanol–water partition coefficient (Wildman–Crippen LogP) is 2.23. The Balaban J connectivity index is 4.73. The summed E-state index contributed by atoms with van der Waals surface area (Å²) in [6.07, 6.45) is 1.11. The number of rotatable bonds is 3. The monoisotopic (exact) mass is 196 g/mol. The Kier molecular flexibility index (Phi) is 4.12. The minimum Gasteiger partial charge on any atom is -0.350 e. The first kappa shape index (κ1) is 13.0. The molecule has 0 radical (unpaired) electrons. The molecule has 0 spiro atoms. The molecule has 0 aromatic rings. The van der Waals surface area contributed by atoms with E-state index in [9.17, 15) is 4.79 Å². The van der Waals surface area contributed by atoms with E-state index in [0.29, 0.717) is 12.8 Å². The molecule has 1 N–H and O–H groups in total. The van der Waals surface area contributed by atoms with Gasteiger partial charge in [0.15, 0.2) is 0 Å². The summed E-state index contributed by atoms with van der Waals surface area (Å²) in [7, 11) is 0. The summed E-state index contributed by atoms with van der Waals surface area (Å²) in [5.41, 5.74) is -1.13. The van der Waals surface area contributed by atoms with Gasteiger partial charge in [0, 0.05) is 5.54 Å². The van der Waals surface area contributed by atoms with Gasteiger partial charge in [-0.3, -0.25) is 4.79 Å². The molecule has 0 aliphatic rings. The van der Waals surface area contributed by atoms with Crippen molar-refractivity contribution in [3.8, 4) is 6.07 Å². The summed E-state index contributed by atoms with van der Waals surface area (Å²) in [6, 6.07) is 2.13. The van der Waals surface area contributed by atoms with Gasteiger partial charge in [-0.05, 0) is 33.6 Å². The van der Waals surface area contributed by atoms with Crippen LogP contribution in [0.15, 0.2) is 0 Å². The van der Waals surface area contributed by atoms with Gasteiger partial charge in [-0.15, -0.1) is 0 Å². The number of nitrogens with one attached hydrogen (secondary N) is 1. The largest absolute Gasteiger partial charge is 0.350 e. The average molecular weight is 196 g/mol. The maximum atomic E-state index is 11.8. The highest BCUT2D eigenvalue weighted by molar-refractivity contribution is 5.85.